The normalized spacial score (nSPS) is 12.3. The Morgan fingerprint density at radius 2 is 1.67 bits per heavy atom. The Bertz CT molecular complexity index is 1160. The fraction of sp³-hybridized carbons (Fsp3) is 0.231. The molecule has 0 aliphatic rings. The highest BCUT2D eigenvalue weighted by atomic mass is 19.1. The Kier molecular flexibility index (Phi) is 7.79. The standard InChI is InChI=1S/C26H25FN2O4/c1-16(2)24-22(13-12-20(30)14-21(31)15-23(32)33)25(17-8-10-19(27)11-9-17)29-26(28-24)18-6-4-3-5-7-18/h3-13,16,20,30H,14-15H2,1-2H3,(H,32,33). The maximum atomic E-state index is 13.6. The SMILES string of the molecule is CC(C)c1nc(-c2ccccc2)nc(-c2ccc(F)cc2)c1C=CC(O)CC(=O)CC(=O)O. The molecule has 0 fully saturated rings. The molecule has 33 heavy (non-hydrogen) atoms. The number of aliphatic hydroxyl groups is 1. The minimum absolute atomic E-state index is 0.0000887. The molecule has 0 saturated heterocycles. The summed E-state index contributed by atoms with van der Waals surface area (Å²) >= 11 is 0. The molecule has 0 spiro atoms. The molecule has 1 atom stereocenters. The van der Waals surface area contributed by atoms with Crippen LogP contribution < -0.4 is 0 Å². The van der Waals surface area contributed by atoms with Crippen LogP contribution in [0, 0.1) is 5.82 Å². The summed E-state index contributed by atoms with van der Waals surface area (Å²) in [4.78, 5) is 32.0. The molecule has 6 nitrogen and oxygen atoms in total. The quantitative estimate of drug-likeness (QED) is 0.453. The van der Waals surface area contributed by atoms with Crippen LogP contribution in [0.15, 0.2) is 60.7 Å². The molecule has 0 aliphatic heterocycles. The number of nitrogens with zero attached hydrogens (tertiary/aromatic N) is 2. The number of aliphatic carboxylic acids is 1. The van der Waals surface area contributed by atoms with Crippen molar-refractivity contribution in [3.05, 3.63) is 77.7 Å². The zero-order valence-corrected chi connectivity index (χ0v) is 18.4. The third-order valence-corrected chi connectivity index (χ3v) is 4.94. The zero-order valence-electron chi connectivity index (χ0n) is 18.4. The minimum atomic E-state index is -1.23. The van der Waals surface area contributed by atoms with Crippen LogP contribution in [0.3, 0.4) is 0 Å². The van der Waals surface area contributed by atoms with Crippen LogP contribution in [0.5, 0.6) is 0 Å². The van der Waals surface area contributed by atoms with Gasteiger partial charge in [-0.1, -0.05) is 56.3 Å². The maximum absolute atomic E-state index is 13.6. The Labute approximate surface area is 191 Å². The van der Waals surface area contributed by atoms with Crippen LogP contribution in [0.2, 0.25) is 0 Å². The number of hydrogen-bond donors (Lipinski definition) is 2. The Morgan fingerprint density at radius 1 is 1.00 bits per heavy atom. The minimum Gasteiger partial charge on any atom is -0.481 e. The fourth-order valence-corrected chi connectivity index (χ4v) is 3.38. The second-order valence-corrected chi connectivity index (χ2v) is 7.96. The van der Waals surface area contributed by atoms with E-state index in [1.165, 1.54) is 18.2 Å². The lowest BCUT2D eigenvalue weighted by Crippen LogP contribution is -2.14. The molecule has 1 unspecified atom stereocenters. The van der Waals surface area contributed by atoms with Crippen LogP contribution >= 0.6 is 0 Å². The van der Waals surface area contributed by atoms with E-state index in [0.717, 1.165) is 11.3 Å². The van der Waals surface area contributed by atoms with Crippen molar-refractivity contribution in [2.24, 2.45) is 0 Å². The topological polar surface area (TPSA) is 100 Å². The molecule has 2 N–H and O–H groups in total. The van der Waals surface area contributed by atoms with Gasteiger partial charge in [-0.05, 0) is 30.2 Å². The fourth-order valence-electron chi connectivity index (χ4n) is 3.38. The molecule has 2 aromatic carbocycles. The number of aliphatic hydroxyl groups excluding tert-OH is 1. The predicted molar refractivity (Wildman–Crippen MR) is 124 cm³/mol. The number of benzene rings is 2. The first-order chi connectivity index (χ1) is 15.7. The van der Waals surface area contributed by atoms with Crippen molar-refractivity contribution in [3.63, 3.8) is 0 Å². The van der Waals surface area contributed by atoms with Gasteiger partial charge in [0.15, 0.2) is 5.82 Å². The van der Waals surface area contributed by atoms with Crippen molar-refractivity contribution < 1.29 is 24.2 Å². The van der Waals surface area contributed by atoms with Gasteiger partial charge in [-0.15, -0.1) is 0 Å². The summed E-state index contributed by atoms with van der Waals surface area (Å²) in [5.74, 6) is -1.65. The van der Waals surface area contributed by atoms with Crippen molar-refractivity contribution in [3.8, 4) is 22.6 Å². The van der Waals surface area contributed by atoms with Gasteiger partial charge in [-0.3, -0.25) is 9.59 Å². The summed E-state index contributed by atoms with van der Waals surface area (Å²) in [5, 5.41) is 19.0. The molecule has 1 aromatic heterocycles. The van der Waals surface area contributed by atoms with Crippen LogP contribution in [0.4, 0.5) is 4.39 Å². The number of hydrogen-bond acceptors (Lipinski definition) is 5. The average Bonchev–Trinajstić information content (AvgIpc) is 2.77. The largest absolute Gasteiger partial charge is 0.481 e. The van der Waals surface area contributed by atoms with Gasteiger partial charge < -0.3 is 10.2 Å². The monoisotopic (exact) mass is 448 g/mol. The van der Waals surface area contributed by atoms with E-state index < -0.39 is 24.3 Å². The molecular formula is C26H25FN2O4. The molecule has 0 aliphatic carbocycles. The van der Waals surface area contributed by atoms with E-state index in [9.17, 15) is 19.1 Å². The van der Waals surface area contributed by atoms with E-state index in [-0.39, 0.29) is 18.2 Å². The molecule has 0 amide bonds. The number of carbonyl (C=O) groups is 2. The van der Waals surface area contributed by atoms with Gasteiger partial charge in [0.25, 0.3) is 0 Å². The van der Waals surface area contributed by atoms with E-state index in [0.29, 0.717) is 22.6 Å². The second-order valence-electron chi connectivity index (χ2n) is 7.96. The van der Waals surface area contributed by atoms with Crippen molar-refractivity contribution in [2.45, 2.75) is 38.7 Å². The molecule has 3 rings (SSSR count). The van der Waals surface area contributed by atoms with Crippen LogP contribution in [-0.4, -0.2) is 38.0 Å². The van der Waals surface area contributed by atoms with Crippen LogP contribution in [-0.2, 0) is 9.59 Å². The zero-order chi connectivity index (χ0) is 24.0. The first kappa shape index (κ1) is 23.9. The molecule has 170 valence electrons. The number of carboxylic acids is 1. The summed E-state index contributed by atoms with van der Waals surface area (Å²) < 4.78 is 13.6. The van der Waals surface area contributed by atoms with E-state index >= 15 is 0 Å². The first-order valence-electron chi connectivity index (χ1n) is 10.6. The smallest absolute Gasteiger partial charge is 0.310 e. The number of rotatable bonds is 9. The van der Waals surface area contributed by atoms with E-state index in [4.69, 9.17) is 15.1 Å². The number of carboxylic acid groups (broad SMARTS) is 1. The van der Waals surface area contributed by atoms with Crippen molar-refractivity contribution >= 4 is 17.8 Å². The van der Waals surface area contributed by atoms with E-state index in [1.54, 1.807) is 18.2 Å². The van der Waals surface area contributed by atoms with Gasteiger partial charge in [0, 0.05) is 23.1 Å². The van der Waals surface area contributed by atoms with Crippen molar-refractivity contribution in [1.29, 1.82) is 0 Å². The number of carbonyl (C=O) groups excluding carboxylic acids is 1. The lowest BCUT2D eigenvalue weighted by molar-refractivity contribution is -0.140. The molecule has 0 saturated carbocycles. The Balaban J connectivity index is 2.09. The lowest BCUT2D eigenvalue weighted by atomic mass is 9.96. The summed E-state index contributed by atoms with van der Waals surface area (Å²) in [5.41, 5.74) is 3.43. The second kappa shape index (κ2) is 10.7. The number of halogens is 1. The van der Waals surface area contributed by atoms with Crippen molar-refractivity contribution in [1.82, 2.24) is 9.97 Å². The van der Waals surface area contributed by atoms with Crippen LogP contribution in [0.1, 0.15) is 43.9 Å². The third-order valence-electron chi connectivity index (χ3n) is 4.94. The van der Waals surface area contributed by atoms with Gasteiger partial charge in [0.1, 0.15) is 18.0 Å². The van der Waals surface area contributed by atoms with Crippen LogP contribution in [0.25, 0.3) is 28.7 Å². The molecule has 7 heteroatoms. The van der Waals surface area contributed by atoms with Crippen molar-refractivity contribution in [2.75, 3.05) is 0 Å². The average molecular weight is 448 g/mol. The Hall–Kier alpha value is -3.71. The molecule has 0 bridgehead atoms. The predicted octanol–water partition coefficient (Wildman–Crippen LogP) is 4.88. The van der Waals surface area contributed by atoms with E-state index in [1.807, 2.05) is 44.2 Å². The number of Topliss-reactive ketones (excluding diaryl/α,β-unsaturated/α-hetero) is 1. The Morgan fingerprint density at radius 3 is 2.27 bits per heavy atom. The highest BCUT2D eigenvalue weighted by Gasteiger charge is 2.18. The number of ketones is 1. The third kappa shape index (κ3) is 6.40. The summed E-state index contributed by atoms with van der Waals surface area (Å²) in [6.07, 6.45) is 0.958. The molecular weight excluding hydrogens is 423 g/mol. The first-order valence-corrected chi connectivity index (χ1v) is 10.6. The van der Waals surface area contributed by atoms with E-state index in [2.05, 4.69) is 0 Å². The van der Waals surface area contributed by atoms with Gasteiger partial charge in [0.05, 0.1) is 17.5 Å². The highest BCUT2D eigenvalue weighted by Crippen LogP contribution is 2.32. The molecule has 3 aromatic rings. The summed E-state index contributed by atoms with van der Waals surface area (Å²) in [6, 6.07) is 15.4. The lowest BCUT2D eigenvalue weighted by Gasteiger charge is -2.16. The van der Waals surface area contributed by atoms with Gasteiger partial charge in [-0.2, -0.15) is 0 Å². The molecule has 1 heterocycles. The van der Waals surface area contributed by atoms with Gasteiger partial charge in [-0.25, -0.2) is 14.4 Å². The highest BCUT2D eigenvalue weighted by molar-refractivity contribution is 5.95. The van der Waals surface area contributed by atoms with Gasteiger partial charge in [0.2, 0.25) is 0 Å². The summed E-state index contributed by atoms with van der Waals surface area (Å²) in [7, 11) is 0. The van der Waals surface area contributed by atoms with Gasteiger partial charge >= 0.3 is 5.97 Å². The molecule has 0 radical (unpaired) electrons. The number of aromatic nitrogens is 2. The summed E-state index contributed by atoms with van der Waals surface area (Å²) in [6.45, 7) is 3.96. The maximum Gasteiger partial charge on any atom is 0.310 e.